The third-order valence-corrected chi connectivity index (χ3v) is 3.20. The number of β-amino-alcohol motifs (C(OH)–C–C–N with tert-alkyl or cyclic N) is 1. The fourth-order valence-electron chi connectivity index (χ4n) is 2.30. The van der Waals surface area contributed by atoms with Gasteiger partial charge >= 0.3 is 0 Å². The average molecular weight is 234 g/mol. The topological polar surface area (TPSA) is 35.5 Å². The molecule has 1 aliphatic heterocycles. The fraction of sp³-hybridized carbons (Fsp3) is 0.571. The second-order valence-electron chi connectivity index (χ2n) is 5.37. The number of aliphatic hydroxyl groups is 1. The highest BCUT2D eigenvalue weighted by atomic mass is 16.3. The molecule has 94 valence electrons. The van der Waals surface area contributed by atoms with Gasteiger partial charge in [-0.25, -0.2) is 0 Å². The van der Waals surface area contributed by atoms with Crippen molar-refractivity contribution in [2.45, 2.75) is 26.0 Å². The minimum atomic E-state index is -0.624. The van der Waals surface area contributed by atoms with Crippen LogP contribution in [0.25, 0.3) is 0 Å². The van der Waals surface area contributed by atoms with Crippen LogP contribution in [0.1, 0.15) is 18.1 Å². The highest BCUT2D eigenvalue weighted by Crippen LogP contribution is 2.12. The van der Waals surface area contributed by atoms with Crippen LogP contribution in [0.4, 0.5) is 0 Å². The van der Waals surface area contributed by atoms with Crippen molar-refractivity contribution in [2.75, 3.05) is 26.2 Å². The Balaban J connectivity index is 1.99. The summed E-state index contributed by atoms with van der Waals surface area (Å²) in [4.78, 5) is 2.31. The second-order valence-corrected chi connectivity index (χ2v) is 5.37. The first-order valence-corrected chi connectivity index (χ1v) is 6.26. The van der Waals surface area contributed by atoms with Gasteiger partial charge in [-0.1, -0.05) is 29.8 Å². The summed E-state index contributed by atoms with van der Waals surface area (Å²) in [6, 6.07) is 8.62. The first kappa shape index (κ1) is 12.6. The Hall–Kier alpha value is -0.900. The lowest BCUT2D eigenvalue weighted by Gasteiger charge is -2.27. The number of hydrogen-bond donors (Lipinski definition) is 2. The average Bonchev–Trinajstić information content (AvgIpc) is 2.43. The molecule has 0 aliphatic carbocycles. The molecule has 1 aromatic rings. The Kier molecular flexibility index (Phi) is 3.82. The van der Waals surface area contributed by atoms with Crippen molar-refractivity contribution in [1.82, 2.24) is 10.2 Å². The SMILES string of the molecule is Cc1ccc(CN2CCNCC(C)(O)C2)cc1. The molecule has 1 fully saturated rings. The number of hydrogen-bond acceptors (Lipinski definition) is 3. The minimum absolute atomic E-state index is 0.624. The molecule has 0 spiro atoms. The number of nitrogens with zero attached hydrogens (tertiary/aromatic N) is 1. The summed E-state index contributed by atoms with van der Waals surface area (Å²) in [5.41, 5.74) is 1.98. The van der Waals surface area contributed by atoms with E-state index in [1.165, 1.54) is 11.1 Å². The molecule has 3 heteroatoms. The van der Waals surface area contributed by atoms with Crippen LogP contribution < -0.4 is 5.32 Å². The number of nitrogens with one attached hydrogen (secondary N) is 1. The Labute approximate surface area is 103 Å². The van der Waals surface area contributed by atoms with Crippen LogP contribution in [-0.2, 0) is 6.54 Å². The van der Waals surface area contributed by atoms with Gasteiger partial charge in [0.1, 0.15) is 0 Å². The van der Waals surface area contributed by atoms with Crippen molar-refractivity contribution in [3.05, 3.63) is 35.4 Å². The van der Waals surface area contributed by atoms with Crippen LogP contribution >= 0.6 is 0 Å². The van der Waals surface area contributed by atoms with Crippen LogP contribution in [0.3, 0.4) is 0 Å². The van der Waals surface area contributed by atoms with E-state index in [0.717, 1.165) is 26.2 Å². The normalized spacial score (nSPS) is 26.8. The zero-order chi connectivity index (χ0) is 12.3. The molecule has 1 aliphatic rings. The van der Waals surface area contributed by atoms with Crippen molar-refractivity contribution in [3.8, 4) is 0 Å². The molecule has 3 nitrogen and oxygen atoms in total. The van der Waals surface area contributed by atoms with Gasteiger partial charge in [0.25, 0.3) is 0 Å². The molecular weight excluding hydrogens is 212 g/mol. The molecule has 1 atom stereocenters. The zero-order valence-electron chi connectivity index (χ0n) is 10.7. The fourth-order valence-corrected chi connectivity index (χ4v) is 2.30. The van der Waals surface area contributed by atoms with E-state index in [2.05, 4.69) is 41.4 Å². The van der Waals surface area contributed by atoms with Crippen LogP contribution in [0.15, 0.2) is 24.3 Å². The maximum atomic E-state index is 10.1. The molecule has 1 heterocycles. The summed E-state index contributed by atoms with van der Waals surface area (Å²) in [7, 11) is 0. The second kappa shape index (κ2) is 5.17. The maximum Gasteiger partial charge on any atom is 0.0869 e. The third-order valence-electron chi connectivity index (χ3n) is 3.20. The molecule has 1 unspecified atom stereocenters. The minimum Gasteiger partial charge on any atom is -0.388 e. The molecule has 0 aromatic heterocycles. The van der Waals surface area contributed by atoms with Gasteiger partial charge in [-0.2, -0.15) is 0 Å². The number of rotatable bonds is 2. The highest BCUT2D eigenvalue weighted by molar-refractivity contribution is 5.21. The summed E-state index contributed by atoms with van der Waals surface area (Å²) in [5.74, 6) is 0. The van der Waals surface area contributed by atoms with E-state index in [0.29, 0.717) is 6.54 Å². The van der Waals surface area contributed by atoms with E-state index < -0.39 is 5.60 Å². The Morgan fingerprint density at radius 1 is 1.35 bits per heavy atom. The molecule has 0 bridgehead atoms. The molecule has 1 saturated heterocycles. The molecule has 0 amide bonds. The van der Waals surface area contributed by atoms with E-state index in [4.69, 9.17) is 0 Å². The Morgan fingerprint density at radius 3 is 2.76 bits per heavy atom. The Morgan fingerprint density at radius 2 is 2.06 bits per heavy atom. The molecule has 2 N–H and O–H groups in total. The number of aryl methyl sites for hydroxylation is 1. The van der Waals surface area contributed by atoms with Crippen LogP contribution in [0.2, 0.25) is 0 Å². The molecule has 0 saturated carbocycles. The first-order valence-electron chi connectivity index (χ1n) is 6.26. The van der Waals surface area contributed by atoms with Gasteiger partial charge in [0.15, 0.2) is 0 Å². The summed E-state index contributed by atoms with van der Waals surface area (Å²) >= 11 is 0. The maximum absolute atomic E-state index is 10.1. The summed E-state index contributed by atoms with van der Waals surface area (Å²) in [5, 5.41) is 13.4. The summed E-state index contributed by atoms with van der Waals surface area (Å²) < 4.78 is 0. The largest absolute Gasteiger partial charge is 0.388 e. The van der Waals surface area contributed by atoms with Gasteiger partial charge in [-0.3, -0.25) is 4.90 Å². The number of benzene rings is 1. The summed E-state index contributed by atoms with van der Waals surface area (Å²) in [6.45, 7) is 8.26. The Bertz CT molecular complexity index is 359. The molecule has 1 aromatic carbocycles. The van der Waals surface area contributed by atoms with Crippen LogP contribution in [0, 0.1) is 6.92 Å². The van der Waals surface area contributed by atoms with Crippen molar-refractivity contribution in [1.29, 1.82) is 0 Å². The van der Waals surface area contributed by atoms with Gasteiger partial charge in [0.2, 0.25) is 0 Å². The van der Waals surface area contributed by atoms with E-state index >= 15 is 0 Å². The highest BCUT2D eigenvalue weighted by Gasteiger charge is 2.26. The molecule has 2 rings (SSSR count). The van der Waals surface area contributed by atoms with Gasteiger partial charge in [0, 0.05) is 32.7 Å². The first-order chi connectivity index (χ1) is 8.05. The summed E-state index contributed by atoms with van der Waals surface area (Å²) in [6.07, 6.45) is 0. The van der Waals surface area contributed by atoms with E-state index in [1.54, 1.807) is 0 Å². The lowest BCUT2D eigenvalue weighted by Crippen LogP contribution is -2.43. The van der Waals surface area contributed by atoms with E-state index in [9.17, 15) is 5.11 Å². The third kappa shape index (κ3) is 3.80. The van der Waals surface area contributed by atoms with Crippen molar-refractivity contribution in [2.24, 2.45) is 0 Å². The van der Waals surface area contributed by atoms with Gasteiger partial charge in [-0.05, 0) is 19.4 Å². The lowest BCUT2D eigenvalue weighted by molar-refractivity contribution is 0.0321. The smallest absolute Gasteiger partial charge is 0.0869 e. The van der Waals surface area contributed by atoms with Crippen molar-refractivity contribution in [3.63, 3.8) is 0 Å². The van der Waals surface area contributed by atoms with Crippen LogP contribution in [-0.4, -0.2) is 41.8 Å². The van der Waals surface area contributed by atoms with E-state index in [1.807, 2.05) is 6.92 Å². The monoisotopic (exact) mass is 234 g/mol. The predicted octanol–water partition coefficient (Wildman–Crippen LogP) is 1.15. The lowest BCUT2D eigenvalue weighted by atomic mass is 10.1. The molecule has 17 heavy (non-hydrogen) atoms. The van der Waals surface area contributed by atoms with Crippen LogP contribution in [0.5, 0.6) is 0 Å². The predicted molar refractivity (Wildman–Crippen MR) is 69.9 cm³/mol. The standard InChI is InChI=1S/C14H22N2O/c1-12-3-5-13(6-4-12)9-16-8-7-15-10-14(2,17)11-16/h3-6,15,17H,7-11H2,1-2H3. The van der Waals surface area contributed by atoms with Crippen molar-refractivity contribution >= 4 is 0 Å². The van der Waals surface area contributed by atoms with Gasteiger partial charge in [0.05, 0.1) is 5.60 Å². The molecular formula is C14H22N2O. The zero-order valence-corrected chi connectivity index (χ0v) is 10.7. The molecule has 0 radical (unpaired) electrons. The van der Waals surface area contributed by atoms with Gasteiger partial charge < -0.3 is 10.4 Å². The van der Waals surface area contributed by atoms with Gasteiger partial charge in [-0.15, -0.1) is 0 Å². The quantitative estimate of drug-likeness (QED) is 0.806. The van der Waals surface area contributed by atoms with Crippen molar-refractivity contribution < 1.29 is 5.11 Å². The van der Waals surface area contributed by atoms with E-state index in [-0.39, 0.29) is 0 Å².